The Morgan fingerprint density at radius 1 is 0.917 bits per heavy atom. The molecule has 2 heterocycles. The van der Waals surface area contributed by atoms with Gasteiger partial charge in [-0.3, -0.25) is 19.6 Å². The van der Waals surface area contributed by atoms with Gasteiger partial charge >= 0.3 is 0 Å². The number of Topliss-reactive ketones (excluding diaryl/α,β-unsaturated/α-hetero) is 1. The van der Waals surface area contributed by atoms with Crippen LogP contribution in [0.1, 0.15) is 41.5 Å². The van der Waals surface area contributed by atoms with Crippen LogP contribution in [0.4, 0.5) is 0 Å². The lowest BCUT2D eigenvalue weighted by Crippen LogP contribution is -2.34. The number of allylic oxidation sites excluding steroid dienone is 6. The summed E-state index contributed by atoms with van der Waals surface area (Å²) in [5.41, 5.74) is 2.92. The first-order chi connectivity index (χ1) is 11.0. The van der Waals surface area contributed by atoms with E-state index in [0.717, 1.165) is 11.1 Å². The third-order valence-electron chi connectivity index (χ3n) is 4.35. The van der Waals surface area contributed by atoms with Crippen LogP contribution in [-0.4, -0.2) is 23.5 Å². The summed E-state index contributed by atoms with van der Waals surface area (Å²) in [4.78, 5) is 34.8. The van der Waals surface area contributed by atoms with Gasteiger partial charge < -0.3 is 0 Å². The van der Waals surface area contributed by atoms with E-state index in [1.54, 1.807) is 18.6 Å². The molecule has 0 bridgehead atoms. The van der Waals surface area contributed by atoms with Crippen LogP contribution in [0.25, 0.3) is 0 Å². The predicted octanol–water partition coefficient (Wildman–Crippen LogP) is 3.76. The molecule has 2 aliphatic heterocycles. The van der Waals surface area contributed by atoms with Gasteiger partial charge in [0.15, 0.2) is 11.6 Å². The van der Waals surface area contributed by atoms with Crippen LogP contribution in [0, 0.1) is 10.8 Å². The van der Waals surface area contributed by atoms with Crippen molar-refractivity contribution >= 4 is 23.5 Å². The molecule has 4 heteroatoms. The van der Waals surface area contributed by atoms with Gasteiger partial charge in [-0.05, 0) is 16.9 Å². The molecular weight excluding hydrogens is 300 g/mol. The Morgan fingerprint density at radius 3 is 2.17 bits per heavy atom. The van der Waals surface area contributed by atoms with E-state index >= 15 is 0 Å². The van der Waals surface area contributed by atoms with E-state index in [4.69, 9.17) is 0 Å². The molecule has 0 aromatic rings. The van der Waals surface area contributed by atoms with Crippen molar-refractivity contribution in [2.75, 3.05) is 0 Å². The summed E-state index contributed by atoms with van der Waals surface area (Å²) >= 11 is 0. The Morgan fingerprint density at radius 2 is 1.58 bits per heavy atom. The van der Waals surface area contributed by atoms with Gasteiger partial charge in [0.25, 0.3) is 0 Å². The highest BCUT2D eigenvalue weighted by Gasteiger charge is 2.41. The lowest BCUT2D eigenvalue weighted by molar-refractivity contribution is -0.116. The van der Waals surface area contributed by atoms with Crippen molar-refractivity contribution in [1.82, 2.24) is 0 Å². The zero-order valence-corrected chi connectivity index (χ0v) is 15.0. The summed E-state index contributed by atoms with van der Waals surface area (Å²) in [5.74, 6) is -0.203. The maximum Gasteiger partial charge on any atom is 0.192 e. The molecule has 0 unspecified atom stereocenters. The van der Waals surface area contributed by atoms with Crippen molar-refractivity contribution < 1.29 is 9.59 Å². The normalized spacial score (nSPS) is 20.9. The molecule has 0 saturated heterocycles. The van der Waals surface area contributed by atoms with Crippen molar-refractivity contribution in [3.05, 3.63) is 46.3 Å². The molecule has 0 amide bonds. The Kier molecular flexibility index (Phi) is 3.48. The van der Waals surface area contributed by atoms with Crippen LogP contribution in [-0.2, 0) is 9.59 Å². The molecule has 1 aliphatic carbocycles. The average molecular weight is 322 g/mol. The van der Waals surface area contributed by atoms with Gasteiger partial charge in [-0.2, -0.15) is 0 Å². The summed E-state index contributed by atoms with van der Waals surface area (Å²) in [7, 11) is 0. The van der Waals surface area contributed by atoms with E-state index in [9.17, 15) is 9.59 Å². The Balaban J connectivity index is 2.21. The molecule has 24 heavy (non-hydrogen) atoms. The van der Waals surface area contributed by atoms with Gasteiger partial charge in [0.05, 0.1) is 11.3 Å². The van der Waals surface area contributed by atoms with Gasteiger partial charge in [0.2, 0.25) is 0 Å². The number of carbonyl (C=O) groups is 2. The molecular formula is C20H22N2O2. The molecule has 0 aromatic carbocycles. The third-order valence-corrected chi connectivity index (χ3v) is 4.35. The van der Waals surface area contributed by atoms with Crippen LogP contribution >= 0.6 is 0 Å². The van der Waals surface area contributed by atoms with E-state index in [-0.39, 0.29) is 11.6 Å². The Bertz CT molecular complexity index is 845. The molecule has 3 aliphatic rings. The summed E-state index contributed by atoms with van der Waals surface area (Å²) in [5, 5.41) is 0. The van der Waals surface area contributed by atoms with E-state index in [2.05, 4.69) is 9.98 Å². The second-order valence-corrected chi connectivity index (χ2v) is 8.38. The lowest BCUT2D eigenvalue weighted by atomic mass is 9.69. The van der Waals surface area contributed by atoms with Gasteiger partial charge in [-0.25, -0.2) is 0 Å². The van der Waals surface area contributed by atoms with E-state index in [1.165, 1.54) is 6.08 Å². The second kappa shape index (κ2) is 5.07. The van der Waals surface area contributed by atoms with Crippen LogP contribution in [0.5, 0.6) is 0 Å². The minimum absolute atomic E-state index is 0.0994. The minimum Gasteiger partial charge on any atom is -0.290 e. The van der Waals surface area contributed by atoms with Crippen molar-refractivity contribution in [1.29, 1.82) is 0 Å². The van der Waals surface area contributed by atoms with Crippen molar-refractivity contribution in [2.24, 2.45) is 20.8 Å². The monoisotopic (exact) mass is 322 g/mol. The van der Waals surface area contributed by atoms with E-state index in [0.29, 0.717) is 22.4 Å². The van der Waals surface area contributed by atoms with Gasteiger partial charge in [0, 0.05) is 40.9 Å². The molecule has 0 fully saturated rings. The number of hydrogen-bond donors (Lipinski definition) is 0. The van der Waals surface area contributed by atoms with Crippen LogP contribution in [0.15, 0.2) is 56.3 Å². The predicted molar refractivity (Wildman–Crippen MR) is 96.1 cm³/mol. The zero-order valence-electron chi connectivity index (χ0n) is 15.0. The summed E-state index contributed by atoms with van der Waals surface area (Å²) < 4.78 is 0. The number of aliphatic imine (C=N–C) groups is 2. The molecule has 0 aromatic heterocycles. The van der Waals surface area contributed by atoms with Crippen LogP contribution in [0.2, 0.25) is 0 Å². The van der Waals surface area contributed by atoms with Crippen LogP contribution in [0.3, 0.4) is 0 Å². The first-order valence-corrected chi connectivity index (χ1v) is 8.10. The first kappa shape index (κ1) is 16.5. The lowest BCUT2D eigenvalue weighted by Gasteiger charge is -2.32. The minimum atomic E-state index is -0.451. The summed E-state index contributed by atoms with van der Waals surface area (Å²) in [6.45, 7) is 11.7. The summed E-state index contributed by atoms with van der Waals surface area (Å²) in [6.07, 6.45) is 6.64. The largest absolute Gasteiger partial charge is 0.290 e. The number of carbonyl (C=O) groups excluding carboxylic acids is 2. The summed E-state index contributed by atoms with van der Waals surface area (Å²) in [6, 6.07) is 0. The highest BCUT2D eigenvalue weighted by molar-refractivity contribution is 6.41. The van der Waals surface area contributed by atoms with Gasteiger partial charge in [-0.1, -0.05) is 41.5 Å². The quantitative estimate of drug-likeness (QED) is 0.690. The highest BCUT2D eigenvalue weighted by atomic mass is 16.1. The van der Waals surface area contributed by atoms with Gasteiger partial charge in [0.1, 0.15) is 0 Å². The molecule has 0 spiro atoms. The van der Waals surface area contributed by atoms with Gasteiger partial charge in [-0.15, -0.1) is 0 Å². The molecule has 4 nitrogen and oxygen atoms in total. The Hall–Kier alpha value is -2.36. The van der Waals surface area contributed by atoms with E-state index in [1.807, 2.05) is 41.5 Å². The van der Waals surface area contributed by atoms with Crippen LogP contribution < -0.4 is 0 Å². The van der Waals surface area contributed by atoms with Crippen molar-refractivity contribution in [2.45, 2.75) is 41.5 Å². The zero-order chi connectivity index (χ0) is 17.9. The maximum absolute atomic E-state index is 13.3. The van der Waals surface area contributed by atoms with Crippen molar-refractivity contribution in [3.63, 3.8) is 0 Å². The average Bonchev–Trinajstić information content (AvgIpc) is 3.00. The molecule has 0 saturated carbocycles. The molecule has 0 radical (unpaired) electrons. The number of rotatable bonds is 1. The first-order valence-electron chi connectivity index (χ1n) is 8.10. The molecule has 3 rings (SSSR count). The fourth-order valence-electron chi connectivity index (χ4n) is 3.21. The highest BCUT2D eigenvalue weighted by Crippen LogP contribution is 2.41. The number of nitrogens with zero attached hydrogens (tertiary/aromatic N) is 2. The SMILES string of the molecule is CC(C)(C)C1=CC(=O)C(C(C)(C)C)=C(C2=NC=C3C=NC=C32)C1=O. The van der Waals surface area contributed by atoms with E-state index < -0.39 is 10.8 Å². The fraction of sp³-hybridized carbons (Fsp3) is 0.400. The topological polar surface area (TPSA) is 58.9 Å². The Labute approximate surface area is 142 Å². The molecule has 0 N–H and O–H groups in total. The number of fused-ring (bicyclic) bond motifs is 1. The second-order valence-electron chi connectivity index (χ2n) is 8.38. The smallest absolute Gasteiger partial charge is 0.192 e. The third kappa shape index (κ3) is 2.46. The standard InChI is InChI=1S/C20H22N2O2/c1-19(2,3)13-7-14(23)16(20(4,5)6)15(18(13)24)17-12-10-21-8-11(12)9-22-17/h7-10H,1-6H3. The molecule has 124 valence electrons. The number of ketones is 2. The molecule has 0 atom stereocenters. The van der Waals surface area contributed by atoms with Crippen molar-refractivity contribution in [3.8, 4) is 0 Å². The fourth-order valence-corrected chi connectivity index (χ4v) is 3.21. The number of hydrogen-bond acceptors (Lipinski definition) is 4. The maximum atomic E-state index is 13.3.